The van der Waals surface area contributed by atoms with Gasteiger partial charge in [-0.3, -0.25) is 9.59 Å². The van der Waals surface area contributed by atoms with Gasteiger partial charge in [0, 0.05) is 29.7 Å². The zero-order valence-corrected chi connectivity index (χ0v) is 13.6. The molecule has 3 aliphatic rings. The van der Waals surface area contributed by atoms with E-state index in [0.717, 1.165) is 12.0 Å². The Morgan fingerprint density at radius 3 is 2.74 bits per heavy atom. The summed E-state index contributed by atoms with van der Waals surface area (Å²) in [7, 11) is 1.57. The molecular formula is C19H22O4. The van der Waals surface area contributed by atoms with Gasteiger partial charge >= 0.3 is 0 Å². The van der Waals surface area contributed by atoms with E-state index in [1.165, 1.54) is 0 Å². The summed E-state index contributed by atoms with van der Waals surface area (Å²) in [6.07, 6.45) is 2.94. The van der Waals surface area contributed by atoms with Crippen LogP contribution in [0.3, 0.4) is 0 Å². The lowest BCUT2D eigenvalue weighted by Gasteiger charge is -2.52. The molecule has 4 heteroatoms. The van der Waals surface area contributed by atoms with Crippen molar-refractivity contribution in [1.82, 2.24) is 0 Å². The third kappa shape index (κ3) is 1.81. The number of carbonyl (C=O) groups excluding carboxylic acids is 2. The first-order valence-electron chi connectivity index (χ1n) is 8.37. The van der Waals surface area contributed by atoms with Gasteiger partial charge in [0.1, 0.15) is 11.5 Å². The molecule has 0 saturated heterocycles. The Balaban J connectivity index is 1.83. The smallest absolute Gasteiger partial charge is 0.163 e. The van der Waals surface area contributed by atoms with E-state index >= 15 is 0 Å². The number of fused-ring (bicyclic) bond motifs is 5. The van der Waals surface area contributed by atoms with E-state index in [2.05, 4.69) is 0 Å². The molecule has 1 aromatic carbocycles. The number of hydrogen-bond donors (Lipinski definition) is 1. The van der Waals surface area contributed by atoms with Crippen molar-refractivity contribution in [2.45, 2.75) is 44.6 Å². The van der Waals surface area contributed by atoms with Gasteiger partial charge in [0.05, 0.1) is 12.7 Å². The zero-order valence-electron chi connectivity index (χ0n) is 13.6. The van der Waals surface area contributed by atoms with E-state index in [9.17, 15) is 14.7 Å². The number of methoxy groups -OCH3 is 1. The topological polar surface area (TPSA) is 63.6 Å². The van der Waals surface area contributed by atoms with Crippen molar-refractivity contribution in [3.8, 4) is 5.75 Å². The van der Waals surface area contributed by atoms with Crippen LogP contribution in [0, 0.1) is 17.3 Å². The number of benzene rings is 1. The van der Waals surface area contributed by atoms with Crippen LogP contribution in [0.15, 0.2) is 18.2 Å². The van der Waals surface area contributed by atoms with Crippen LogP contribution in [-0.2, 0) is 10.4 Å². The molecule has 3 aliphatic carbocycles. The van der Waals surface area contributed by atoms with Crippen LogP contribution in [0.4, 0.5) is 0 Å². The van der Waals surface area contributed by atoms with Crippen LogP contribution in [0.25, 0.3) is 0 Å². The largest absolute Gasteiger partial charge is 0.497 e. The lowest BCUT2D eigenvalue weighted by molar-refractivity contribution is -0.144. The van der Waals surface area contributed by atoms with Gasteiger partial charge in [-0.25, -0.2) is 0 Å². The van der Waals surface area contributed by atoms with Crippen LogP contribution >= 0.6 is 0 Å². The predicted octanol–water partition coefficient (Wildman–Crippen LogP) is 2.86. The first-order valence-corrected chi connectivity index (χ1v) is 8.37. The summed E-state index contributed by atoms with van der Waals surface area (Å²) in [5, 5.41) is 11.5. The number of rotatable bonds is 1. The zero-order chi connectivity index (χ0) is 16.4. The molecule has 2 fully saturated rings. The van der Waals surface area contributed by atoms with E-state index in [1.54, 1.807) is 19.2 Å². The number of carbonyl (C=O) groups is 2. The Bertz CT molecular complexity index is 709. The molecule has 0 spiro atoms. The summed E-state index contributed by atoms with van der Waals surface area (Å²) in [6.45, 7) is 2.03. The van der Waals surface area contributed by atoms with Crippen molar-refractivity contribution in [3.63, 3.8) is 0 Å². The average molecular weight is 314 g/mol. The molecular weight excluding hydrogens is 292 g/mol. The van der Waals surface area contributed by atoms with Crippen molar-refractivity contribution in [2.75, 3.05) is 7.11 Å². The number of ether oxygens (including phenoxy) is 1. The van der Waals surface area contributed by atoms with Gasteiger partial charge < -0.3 is 9.84 Å². The minimum Gasteiger partial charge on any atom is -0.497 e. The summed E-state index contributed by atoms with van der Waals surface area (Å²) in [5.74, 6) is 0.944. The molecule has 0 unspecified atom stereocenters. The maximum atomic E-state index is 12.7. The maximum Gasteiger partial charge on any atom is 0.163 e. The number of Topliss-reactive ketones (excluding diaryl/α,β-unsaturated/α-hetero) is 2. The van der Waals surface area contributed by atoms with Gasteiger partial charge in [0.25, 0.3) is 0 Å². The Labute approximate surface area is 135 Å². The third-order valence-electron chi connectivity index (χ3n) is 6.66. The summed E-state index contributed by atoms with van der Waals surface area (Å²) >= 11 is 0. The van der Waals surface area contributed by atoms with Crippen LogP contribution < -0.4 is 4.74 Å². The Hall–Kier alpha value is -1.68. The normalized spacial score (nSPS) is 38.7. The quantitative estimate of drug-likeness (QED) is 0.866. The van der Waals surface area contributed by atoms with E-state index in [-0.39, 0.29) is 23.0 Å². The van der Waals surface area contributed by atoms with E-state index in [1.807, 2.05) is 13.0 Å². The molecule has 0 aliphatic heterocycles. The molecule has 1 aromatic rings. The third-order valence-corrected chi connectivity index (χ3v) is 6.66. The van der Waals surface area contributed by atoms with E-state index < -0.39 is 5.60 Å². The number of hydrogen-bond acceptors (Lipinski definition) is 4. The van der Waals surface area contributed by atoms with Gasteiger partial charge in [0.2, 0.25) is 0 Å². The Morgan fingerprint density at radius 1 is 1.22 bits per heavy atom. The lowest BCUT2D eigenvalue weighted by Crippen LogP contribution is -2.53. The highest BCUT2D eigenvalue weighted by Gasteiger charge is 2.61. The second-order valence-corrected chi connectivity index (χ2v) is 7.56. The highest BCUT2D eigenvalue weighted by atomic mass is 16.5. The van der Waals surface area contributed by atoms with Gasteiger partial charge in [0.15, 0.2) is 5.78 Å². The summed E-state index contributed by atoms with van der Waals surface area (Å²) in [5.41, 5.74) is -0.0529. The fraction of sp³-hybridized carbons (Fsp3) is 0.579. The predicted molar refractivity (Wildman–Crippen MR) is 84.4 cm³/mol. The second kappa shape index (κ2) is 4.67. The van der Waals surface area contributed by atoms with Gasteiger partial charge in [-0.15, -0.1) is 0 Å². The Kier molecular flexibility index (Phi) is 3.02. The van der Waals surface area contributed by atoms with E-state index in [4.69, 9.17) is 4.74 Å². The van der Waals surface area contributed by atoms with Crippen LogP contribution in [0.2, 0.25) is 0 Å². The molecule has 0 bridgehead atoms. The van der Waals surface area contributed by atoms with Crippen molar-refractivity contribution in [2.24, 2.45) is 17.3 Å². The van der Waals surface area contributed by atoms with Crippen molar-refractivity contribution in [1.29, 1.82) is 0 Å². The minimum absolute atomic E-state index is 0.0529. The van der Waals surface area contributed by atoms with Crippen molar-refractivity contribution < 1.29 is 19.4 Å². The Morgan fingerprint density at radius 2 is 2.00 bits per heavy atom. The van der Waals surface area contributed by atoms with Crippen LogP contribution in [0.1, 0.15) is 54.9 Å². The first-order chi connectivity index (χ1) is 10.9. The van der Waals surface area contributed by atoms with Crippen molar-refractivity contribution in [3.05, 3.63) is 29.3 Å². The van der Waals surface area contributed by atoms with Gasteiger partial charge in [-0.05, 0) is 42.9 Å². The summed E-state index contributed by atoms with van der Waals surface area (Å²) in [4.78, 5) is 25.0. The molecule has 2 saturated carbocycles. The second-order valence-electron chi connectivity index (χ2n) is 7.56. The fourth-order valence-electron chi connectivity index (χ4n) is 5.25. The molecule has 4 rings (SSSR count). The highest BCUT2D eigenvalue weighted by Crippen LogP contribution is 2.61. The first kappa shape index (κ1) is 14.9. The number of aliphatic hydroxyl groups is 1. The van der Waals surface area contributed by atoms with Crippen LogP contribution in [-0.4, -0.2) is 23.8 Å². The minimum atomic E-state index is -0.996. The molecule has 0 radical (unpaired) electrons. The SMILES string of the molecule is COc1ccc2c(c1)C(=O)C[C@H]1[C@@H]3CCC(=O)[C@@]3(C)CC[C@]21O. The fourth-order valence-corrected chi connectivity index (χ4v) is 5.25. The average Bonchev–Trinajstić information content (AvgIpc) is 2.85. The highest BCUT2D eigenvalue weighted by molar-refractivity contribution is 6.00. The van der Waals surface area contributed by atoms with Crippen LogP contribution in [0.5, 0.6) is 5.75 Å². The maximum absolute atomic E-state index is 12.7. The molecule has 1 N–H and O–H groups in total. The molecule has 4 atom stereocenters. The molecule has 122 valence electrons. The van der Waals surface area contributed by atoms with Crippen molar-refractivity contribution >= 4 is 11.6 Å². The van der Waals surface area contributed by atoms with E-state index in [0.29, 0.717) is 42.8 Å². The molecule has 0 aromatic heterocycles. The van der Waals surface area contributed by atoms with Gasteiger partial charge in [-0.2, -0.15) is 0 Å². The summed E-state index contributed by atoms with van der Waals surface area (Å²) < 4.78 is 5.22. The standard InChI is InChI=1S/C19H22O4/c1-18-7-8-19(22)13-4-3-11(23-2)9-12(13)16(20)10-15(19)14(18)5-6-17(18)21/h3-4,9,14-15,22H,5-8,10H2,1-2H3/t14-,15-,18-,19-/m0/s1. The monoisotopic (exact) mass is 314 g/mol. The van der Waals surface area contributed by atoms with Gasteiger partial charge in [-0.1, -0.05) is 13.0 Å². The molecule has 23 heavy (non-hydrogen) atoms. The summed E-state index contributed by atoms with van der Waals surface area (Å²) in [6, 6.07) is 5.37. The lowest BCUT2D eigenvalue weighted by atomic mass is 9.53. The molecule has 0 amide bonds. The molecule has 0 heterocycles. The number of ketones is 2. The molecule has 4 nitrogen and oxygen atoms in total.